The molecule has 120 valence electrons. The molecule has 0 aliphatic carbocycles. The van der Waals surface area contributed by atoms with Gasteiger partial charge < -0.3 is 5.32 Å². The zero-order valence-corrected chi connectivity index (χ0v) is 13.5. The first-order valence-corrected chi connectivity index (χ1v) is 8.92. The van der Waals surface area contributed by atoms with E-state index in [4.69, 9.17) is 0 Å². The summed E-state index contributed by atoms with van der Waals surface area (Å²) in [5, 5.41) is 2.75. The smallest absolute Gasteiger partial charge is 0.256 e. The van der Waals surface area contributed by atoms with Gasteiger partial charge in [-0.2, -0.15) is 0 Å². The molecule has 0 radical (unpaired) electrons. The van der Waals surface area contributed by atoms with Gasteiger partial charge in [-0.15, -0.1) is 0 Å². The summed E-state index contributed by atoms with van der Waals surface area (Å²) in [6.07, 6.45) is 2.24. The quantitative estimate of drug-likeness (QED) is 0.935. The molecule has 1 saturated heterocycles. The van der Waals surface area contributed by atoms with Crippen molar-refractivity contribution in [1.82, 2.24) is 4.98 Å². The van der Waals surface area contributed by atoms with Gasteiger partial charge in [-0.3, -0.25) is 9.10 Å². The van der Waals surface area contributed by atoms with Crippen LogP contribution in [0.5, 0.6) is 0 Å². The molecule has 6 nitrogen and oxygen atoms in total. The highest BCUT2D eigenvalue weighted by atomic mass is 32.2. The van der Waals surface area contributed by atoms with Gasteiger partial charge >= 0.3 is 0 Å². The Balaban J connectivity index is 1.77. The lowest BCUT2D eigenvalue weighted by atomic mass is 10.2. The largest absolute Gasteiger partial charge is 0.306 e. The fourth-order valence-corrected chi connectivity index (χ4v) is 4.07. The lowest BCUT2D eigenvalue weighted by molar-refractivity contribution is 0.102. The van der Waals surface area contributed by atoms with Crippen molar-refractivity contribution in [1.29, 1.82) is 0 Å². The normalized spacial score (nSPS) is 16.3. The second-order valence-electron chi connectivity index (χ2n) is 5.41. The number of hydrogen-bond acceptors (Lipinski definition) is 4. The predicted octanol–water partition coefficient (Wildman–Crippen LogP) is 2.18. The summed E-state index contributed by atoms with van der Waals surface area (Å²) in [6, 6.07) is 10.2. The van der Waals surface area contributed by atoms with E-state index in [-0.39, 0.29) is 11.7 Å². The fraction of sp³-hybridized carbons (Fsp3) is 0.250. The van der Waals surface area contributed by atoms with Gasteiger partial charge in [0.1, 0.15) is 5.82 Å². The number of aryl methyl sites for hydroxylation is 1. The maximum atomic E-state index is 12.2. The molecule has 1 fully saturated rings. The number of rotatable bonds is 3. The van der Waals surface area contributed by atoms with Crippen LogP contribution in [0.15, 0.2) is 42.6 Å². The third-order valence-corrected chi connectivity index (χ3v) is 5.63. The van der Waals surface area contributed by atoms with Gasteiger partial charge in [-0.1, -0.05) is 6.07 Å². The molecule has 1 N–H and O–H groups in total. The van der Waals surface area contributed by atoms with Gasteiger partial charge in [-0.05, 0) is 49.2 Å². The number of benzene rings is 1. The van der Waals surface area contributed by atoms with Crippen LogP contribution in [0.3, 0.4) is 0 Å². The molecule has 0 unspecified atom stereocenters. The Bertz CT molecular complexity index is 832. The molecule has 1 aliphatic rings. The van der Waals surface area contributed by atoms with Crippen LogP contribution in [0, 0.1) is 6.92 Å². The van der Waals surface area contributed by atoms with Crippen LogP contribution in [0.2, 0.25) is 0 Å². The number of anilines is 2. The molecule has 3 rings (SSSR count). The van der Waals surface area contributed by atoms with Crippen LogP contribution in [-0.4, -0.2) is 31.6 Å². The summed E-state index contributed by atoms with van der Waals surface area (Å²) in [4.78, 5) is 16.4. The molecular weight excluding hydrogens is 314 g/mol. The third-order valence-electron chi connectivity index (χ3n) is 3.76. The number of aromatic nitrogens is 1. The minimum atomic E-state index is -3.20. The summed E-state index contributed by atoms with van der Waals surface area (Å²) in [5.41, 5.74) is 1.92. The molecule has 0 bridgehead atoms. The summed E-state index contributed by atoms with van der Waals surface area (Å²) in [7, 11) is -3.20. The number of sulfonamides is 1. The van der Waals surface area contributed by atoms with Crippen LogP contribution in [-0.2, 0) is 10.0 Å². The minimum absolute atomic E-state index is 0.175. The molecule has 2 aromatic rings. The SMILES string of the molecule is Cc1cccnc1NC(=O)c1ccc(N2CCCS2(=O)=O)cc1. The summed E-state index contributed by atoms with van der Waals surface area (Å²) < 4.78 is 25.2. The van der Waals surface area contributed by atoms with Crippen molar-refractivity contribution in [2.24, 2.45) is 0 Å². The molecule has 1 aliphatic heterocycles. The Morgan fingerprint density at radius 3 is 2.57 bits per heavy atom. The molecule has 23 heavy (non-hydrogen) atoms. The third kappa shape index (κ3) is 3.19. The highest BCUT2D eigenvalue weighted by Crippen LogP contribution is 2.24. The average Bonchev–Trinajstić information content (AvgIpc) is 2.89. The molecule has 1 amide bonds. The van der Waals surface area contributed by atoms with E-state index in [1.807, 2.05) is 13.0 Å². The second-order valence-corrected chi connectivity index (χ2v) is 7.42. The van der Waals surface area contributed by atoms with Crippen molar-refractivity contribution in [3.8, 4) is 0 Å². The second kappa shape index (κ2) is 6.00. The van der Waals surface area contributed by atoms with Gasteiger partial charge in [0.15, 0.2) is 0 Å². The highest BCUT2D eigenvalue weighted by Gasteiger charge is 2.28. The molecule has 0 spiro atoms. The van der Waals surface area contributed by atoms with E-state index in [9.17, 15) is 13.2 Å². The lowest BCUT2D eigenvalue weighted by Crippen LogP contribution is -2.25. The Morgan fingerprint density at radius 1 is 1.22 bits per heavy atom. The molecular formula is C16H17N3O3S. The first-order chi connectivity index (χ1) is 11.0. The van der Waals surface area contributed by atoms with Crippen molar-refractivity contribution >= 4 is 27.4 Å². The van der Waals surface area contributed by atoms with Crippen LogP contribution < -0.4 is 9.62 Å². The predicted molar refractivity (Wildman–Crippen MR) is 89.1 cm³/mol. The first kappa shape index (κ1) is 15.5. The summed E-state index contributed by atoms with van der Waals surface area (Å²) in [6.45, 7) is 2.35. The van der Waals surface area contributed by atoms with Crippen molar-refractivity contribution in [3.63, 3.8) is 0 Å². The number of carbonyl (C=O) groups excluding carboxylic acids is 1. The van der Waals surface area contributed by atoms with Crippen molar-refractivity contribution < 1.29 is 13.2 Å². The number of pyridine rings is 1. The first-order valence-electron chi connectivity index (χ1n) is 7.31. The standard InChI is InChI=1S/C16H17N3O3S/c1-12-4-2-9-17-15(12)18-16(20)13-5-7-14(8-6-13)19-10-3-11-23(19,21)22/h2,4-9H,3,10-11H2,1H3,(H,17,18,20). The van der Waals surface area contributed by atoms with Crippen LogP contribution in [0.1, 0.15) is 22.3 Å². The Labute approximate surface area is 135 Å². The molecule has 1 aromatic heterocycles. The van der Waals surface area contributed by atoms with Gasteiger partial charge in [0.25, 0.3) is 5.91 Å². The van der Waals surface area contributed by atoms with Crippen LogP contribution in [0.4, 0.5) is 11.5 Å². The molecule has 7 heteroatoms. The molecule has 0 atom stereocenters. The zero-order valence-electron chi connectivity index (χ0n) is 12.7. The minimum Gasteiger partial charge on any atom is -0.306 e. The fourth-order valence-electron chi connectivity index (χ4n) is 2.50. The van der Waals surface area contributed by atoms with E-state index in [1.54, 1.807) is 36.5 Å². The van der Waals surface area contributed by atoms with E-state index in [0.717, 1.165) is 5.56 Å². The van der Waals surface area contributed by atoms with E-state index in [0.29, 0.717) is 30.0 Å². The molecule has 0 saturated carbocycles. The number of carbonyl (C=O) groups is 1. The highest BCUT2D eigenvalue weighted by molar-refractivity contribution is 7.93. The van der Waals surface area contributed by atoms with Gasteiger partial charge in [0.2, 0.25) is 10.0 Å². The van der Waals surface area contributed by atoms with Crippen LogP contribution in [0.25, 0.3) is 0 Å². The summed E-state index contributed by atoms with van der Waals surface area (Å²) >= 11 is 0. The van der Waals surface area contributed by atoms with Crippen molar-refractivity contribution in [3.05, 3.63) is 53.7 Å². The van der Waals surface area contributed by atoms with Gasteiger partial charge in [0.05, 0.1) is 11.4 Å². The maximum absolute atomic E-state index is 12.2. The molecule has 1 aromatic carbocycles. The van der Waals surface area contributed by atoms with Gasteiger partial charge in [0, 0.05) is 18.3 Å². The maximum Gasteiger partial charge on any atom is 0.256 e. The number of hydrogen-bond donors (Lipinski definition) is 1. The number of nitrogens with zero attached hydrogens (tertiary/aromatic N) is 2. The van der Waals surface area contributed by atoms with E-state index in [2.05, 4.69) is 10.3 Å². The number of amides is 1. The topological polar surface area (TPSA) is 79.4 Å². The summed E-state index contributed by atoms with van der Waals surface area (Å²) in [5.74, 6) is 0.417. The average molecular weight is 331 g/mol. The van der Waals surface area contributed by atoms with Crippen molar-refractivity contribution in [2.75, 3.05) is 21.9 Å². The Kier molecular flexibility index (Phi) is 4.04. The number of nitrogens with one attached hydrogen (secondary N) is 1. The van der Waals surface area contributed by atoms with E-state index < -0.39 is 10.0 Å². The lowest BCUT2D eigenvalue weighted by Gasteiger charge is -2.17. The monoisotopic (exact) mass is 331 g/mol. The van der Waals surface area contributed by atoms with Gasteiger partial charge in [-0.25, -0.2) is 13.4 Å². The Morgan fingerprint density at radius 2 is 1.96 bits per heavy atom. The Hall–Kier alpha value is -2.41. The van der Waals surface area contributed by atoms with E-state index in [1.165, 1.54) is 4.31 Å². The van der Waals surface area contributed by atoms with E-state index >= 15 is 0 Å². The van der Waals surface area contributed by atoms with Crippen molar-refractivity contribution in [2.45, 2.75) is 13.3 Å². The molecule has 2 heterocycles. The zero-order chi connectivity index (χ0) is 16.4. The van der Waals surface area contributed by atoms with Crippen LogP contribution >= 0.6 is 0 Å².